The lowest BCUT2D eigenvalue weighted by atomic mass is 10.1. The second kappa shape index (κ2) is 16.1. The van der Waals surface area contributed by atoms with Crippen LogP contribution in [0.2, 0.25) is 23.1 Å². The number of thiophene rings is 2. The summed E-state index contributed by atoms with van der Waals surface area (Å²) in [6.45, 7) is 11.2. The van der Waals surface area contributed by atoms with Gasteiger partial charge in [0.2, 0.25) is 0 Å². The van der Waals surface area contributed by atoms with E-state index in [9.17, 15) is 0 Å². The maximum Gasteiger partial charge on any atom is 0.124 e. The molecule has 4 heterocycles. The van der Waals surface area contributed by atoms with Crippen molar-refractivity contribution in [2.75, 3.05) is 13.1 Å². The molecule has 0 radical (unpaired) electrons. The van der Waals surface area contributed by atoms with Crippen LogP contribution in [-0.2, 0) is 39.0 Å². The Morgan fingerprint density at radius 1 is 0.667 bits per heavy atom. The standard InChI is InChI=1S/C22H24ClNSSi.C14H14ClNS.2CH4/c1-26(2,19-9-4-3-5-10-19)22-14-18-16-24(13-12-21(18)25-22)15-17-8-6-7-11-20(17)23;15-13-4-2-1-3-11(13)9-16-7-5-14-12(10-16)6-8-17-14;;/h3-11,14H,12-13,15-16H2,1-2H3;1-4,6,8H,5,7,9-10H2;2*1H4. The van der Waals surface area contributed by atoms with Gasteiger partial charge in [-0.05, 0) is 69.2 Å². The maximum absolute atomic E-state index is 6.36. The molecule has 0 saturated heterocycles. The predicted octanol–water partition coefficient (Wildman–Crippen LogP) is 10.0. The summed E-state index contributed by atoms with van der Waals surface area (Å²) in [5.41, 5.74) is 5.48. The van der Waals surface area contributed by atoms with E-state index in [-0.39, 0.29) is 14.9 Å². The highest BCUT2D eigenvalue weighted by Gasteiger charge is 2.30. The van der Waals surface area contributed by atoms with Crippen molar-refractivity contribution < 1.29 is 0 Å². The van der Waals surface area contributed by atoms with Gasteiger partial charge in [-0.2, -0.15) is 0 Å². The van der Waals surface area contributed by atoms with Crippen molar-refractivity contribution in [3.05, 3.63) is 138 Å². The zero-order chi connectivity index (χ0) is 29.8. The Morgan fingerprint density at radius 3 is 1.80 bits per heavy atom. The fourth-order valence-electron chi connectivity index (χ4n) is 6.01. The summed E-state index contributed by atoms with van der Waals surface area (Å²) in [4.78, 5) is 8.14. The first kappa shape index (κ1) is 35.6. The van der Waals surface area contributed by atoms with Crippen molar-refractivity contribution in [1.82, 2.24) is 9.80 Å². The lowest BCUT2D eigenvalue weighted by Crippen LogP contribution is -2.51. The molecule has 0 aliphatic carbocycles. The molecular weight excluding hydrogens is 648 g/mol. The monoisotopic (exact) mass is 692 g/mol. The van der Waals surface area contributed by atoms with E-state index in [1.54, 1.807) is 14.3 Å². The summed E-state index contributed by atoms with van der Waals surface area (Å²) in [5.74, 6) is 0. The molecule has 0 N–H and O–H groups in total. The van der Waals surface area contributed by atoms with Gasteiger partial charge in [-0.1, -0.05) is 123 Å². The molecule has 5 aromatic rings. The number of hydrogen-bond donors (Lipinski definition) is 0. The summed E-state index contributed by atoms with van der Waals surface area (Å²) in [6, 6.07) is 32.1. The van der Waals surface area contributed by atoms with E-state index in [2.05, 4.69) is 106 Å². The van der Waals surface area contributed by atoms with Gasteiger partial charge in [0.15, 0.2) is 0 Å². The SMILES string of the molecule is C.C.C[Si](C)(c1ccccc1)c1cc2c(s1)CCN(Cc1ccccc1Cl)C2.Clc1ccccc1CN1CCc2sccc2C1. The van der Waals surface area contributed by atoms with Gasteiger partial charge >= 0.3 is 0 Å². The Balaban J connectivity index is 0.000000212. The molecule has 7 rings (SSSR count). The quantitative estimate of drug-likeness (QED) is 0.163. The number of hydrogen-bond acceptors (Lipinski definition) is 4. The van der Waals surface area contributed by atoms with E-state index in [0.29, 0.717) is 0 Å². The lowest BCUT2D eigenvalue weighted by molar-refractivity contribution is 0.247. The summed E-state index contributed by atoms with van der Waals surface area (Å²) >= 11 is 16.5. The molecule has 0 bridgehead atoms. The molecule has 238 valence electrons. The topological polar surface area (TPSA) is 6.48 Å². The van der Waals surface area contributed by atoms with E-state index >= 15 is 0 Å². The van der Waals surface area contributed by atoms with Gasteiger partial charge in [-0.15, -0.1) is 22.7 Å². The summed E-state index contributed by atoms with van der Waals surface area (Å²) in [5, 5.41) is 5.47. The van der Waals surface area contributed by atoms with E-state index in [1.807, 2.05) is 35.6 Å². The summed E-state index contributed by atoms with van der Waals surface area (Å²) < 4.78 is 1.60. The molecule has 0 amide bonds. The van der Waals surface area contributed by atoms with Gasteiger partial charge in [-0.25, -0.2) is 0 Å². The Kier molecular flexibility index (Phi) is 12.7. The van der Waals surface area contributed by atoms with Crippen molar-refractivity contribution in [1.29, 1.82) is 0 Å². The fourth-order valence-corrected chi connectivity index (χ4v) is 11.8. The predicted molar refractivity (Wildman–Crippen MR) is 204 cm³/mol. The fraction of sp³-hybridized carbons (Fsp3) is 0.316. The van der Waals surface area contributed by atoms with Crippen LogP contribution in [0.4, 0.5) is 0 Å². The number of nitrogens with zero attached hydrogens (tertiary/aromatic N) is 2. The third-order valence-electron chi connectivity index (χ3n) is 8.65. The largest absolute Gasteiger partial charge is 0.294 e. The van der Waals surface area contributed by atoms with Crippen molar-refractivity contribution in [3.63, 3.8) is 0 Å². The number of benzene rings is 3. The van der Waals surface area contributed by atoms with Crippen LogP contribution in [-0.4, -0.2) is 31.0 Å². The molecule has 2 aromatic heterocycles. The first-order valence-corrected chi connectivity index (χ1v) is 20.5. The molecule has 0 saturated carbocycles. The van der Waals surface area contributed by atoms with Crippen LogP contribution in [0, 0.1) is 0 Å². The highest BCUT2D eigenvalue weighted by molar-refractivity contribution is 7.29. The van der Waals surface area contributed by atoms with Gasteiger partial charge < -0.3 is 0 Å². The normalized spacial score (nSPS) is 14.7. The molecule has 0 fully saturated rings. The van der Waals surface area contributed by atoms with Crippen LogP contribution >= 0.6 is 45.9 Å². The Labute approximate surface area is 290 Å². The zero-order valence-electron chi connectivity index (χ0n) is 24.9. The van der Waals surface area contributed by atoms with Crippen molar-refractivity contribution in [2.24, 2.45) is 0 Å². The van der Waals surface area contributed by atoms with Gasteiger partial charge in [0.25, 0.3) is 0 Å². The minimum Gasteiger partial charge on any atom is -0.294 e. The Morgan fingerprint density at radius 2 is 1.20 bits per heavy atom. The van der Waals surface area contributed by atoms with Gasteiger partial charge in [0.1, 0.15) is 8.07 Å². The zero-order valence-corrected chi connectivity index (χ0v) is 29.0. The number of fused-ring (bicyclic) bond motifs is 2. The van der Waals surface area contributed by atoms with Crippen molar-refractivity contribution in [2.45, 2.75) is 67.0 Å². The van der Waals surface area contributed by atoms with Crippen LogP contribution in [0.25, 0.3) is 0 Å². The molecule has 0 spiro atoms. The molecule has 0 unspecified atom stereocenters. The van der Waals surface area contributed by atoms with Crippen LogP contribution < -0.4 is 9.69 Å². The number of rotatable bonds is 6. The van der Waals surface area contributed by atoms with Crippen LogP contribution in [0.5, 0.6) is 0 Å². The molecular formula is C38H46Cl2N2S2Si. The van der Waals surface area contributed by atoms with E-state index < -0.39 is 8.07 Å². The van der Waals surface area contributed by atoms with E-state index in [0.717, 1.165) is 55.7 Å². The smallest absolute Gasteiger partial charge is 0.124 e. The number of halogens is 2. The molecule has 0 atom stereocenters. The molecule has 2 aliphatic heterocycles. The first-order valence-electron chi connectivity index (χ1n) is 15.0. The van der Waals surface area contributed by atoms with Crippen LogP contribution in [0.3, 0.4) is 0 Å². The third kappa shape index (κ3) is 8.58. The van der Waals surface area contributed by atoms with Crippen molar-refractivity contribution in [3.8, 4) is 0 Å². The van der Waals surface area contributed by atoms with Gasteiger partial charge in [-0.3, -0.25) is 9.80 Å². The average Bonchev–Trinajstić information content (AvgIpc) is 3.67. The second-order valence-electron chi connectivity index (χ2n) is 12.0. The minimum atomic E-state index is -1.60. The molecule has 2 nitrogen and oxygen atoms in total. The second-order valence-corrected chi connectivity index (χ2v) is 19.7. The lowest BCUT2D eigenvalue weighted by Gasteiger charge is -2.27. The first-order chi connectivity index (χ1) is 20.9. The maximum atomic E-state index is 6.36. The van der Waals surface area contributed by atoms with E-state index in [1.165, 1.54) is 33.9 Å². The molecule has 45 heavy (non-hydrogen) atoms. The highest BCUT2D eigenvalue weighted by Crippen LogP contribution is 2.28. The molecule has 2 aliphatic rings. The van der Waals surface area contributed by atoms with Crippen molar-refractivity contribution >= 4 is 63.6 Å². The molecule has 3 aromatic carbocycles. The molecule has 7 heteroatoms. The average molecular weight is 694 g/mol. The summed E-state index contributed by atoms with van der Waals surface area (Å²) in [6.07, 6.45) is 2.33. The Bertz CT molecular complexity index is 1660. The van der Waals surface area contributed by atoms with Gasteiger partial charge in [0, 0.05) is 59.1 Å². The third-order valence-corrected chi connectivity index (χ3v) is 16.4. The van der Waals surface area contributed by atoms with Crippen LogP contribution in [0.1, 0.15) is 46.9 Å². The Hall–Kier alpha value is -2.22. The minimum absolute atomic E-state index is 0. The highest BCUT2D eigenvalue weighted by atomic mass is 35.5. The van der Waals surface area contributed by atoms with E-state index in [4.69, 9.17) is 23.2 Å². The van der Waals surface area contributed by atoms with Gasteiger partial charge in [0.05, 0.1) is 0 Å². The van der Waals surface area contributed by atoms with Crippen LogP contribution in [0.15, 0.2) is 96.4 Å². The summed E-state index contributed by atoms with van der Waals surface area (Å²) in [7, 11) is -1.60.